The van der Waals surface area contributed by atoms with E-state index in [1.54, 1.807) is 11.9 Å². The first-order valence-electron chi connectivity index (χ1n) is 5.68. The van der Waals surface area contributed by atoms with Crippen LogP contribution in [0.15, 0.2) is 0 Å². The maximum absolute atomic E-state index is 11.7. The van der Waals surface area contributed by atoms with Crippen molar-refractivity contribution >= 4 is 12.0 Å². The first-order chi connectivity index (χ1) is 7.41. The molecule has 0 radical (unpaired) electrons. The van der Waals surface area contributed by atoms with Crippen LogP contribution in [0.25, 0.3) is 0 Å². The maximum Gasteiger partial charge on any atom is 0.317 e. The molecule has 0 aliphatic heterocycles. The second kappa shape index (κ2) is 5.18. The van der Waals surface area contributed by atoms with E-state index in [4.69, 9.17) is 5.11 Å². The van der Waals surface area contributed by atoms with Crippen molar-refractivity contribution in [3.63, 3.8) is 0 Å². The van der Waals surface area contributed by atoms with Crippen molar-refractivity contribution < 1.29 is 14.7 Å². The number of carboxylic acids is 1. The van der Waals surface area contributed by atoms with Crippen molar-refractivity contribution in [1.29, 1.82) is 0 Å². The van der Waals surface area contributed by atoms with E-state index in [-0.39, 0.29) is 24.0 Å². The van der Waals surface area contributed by atoms with Crippen molar-refractivity contribution in [2.75, 3.05) is 7.05 Å². The zero-order valence-electron chi connectivity index (χ0n) is 10.1. The molecule has 0 aromatic heterocycles. The van der Waals surface area contributed by atoms with Gasteiger partial charge in [0.05, 0.1) is 5.92 Å². The number of aliphatic carboxylic acids is 1. The number of rotatable bonds is 3. The SMILES string of the molecule is CC(C)N(C)C(=O)N[C@H]1CC[C@@H](C(=O)O)C1. The summed E-state index contributed by atoms with van der Waals surface area (Å²) in [7, 11) is 1.74. The minimum atomic E-state index is -0.756. The summed E-state index contributed by atoms with van der Waals surface area (Å²) in [6.45, 7) is 3.88. The summed E-state index contributed by atoms with van der Waals surface area (Å²) in [6, 6.07) is 0.0394. The molecule has 1 aliphatic carbocycles. The average molecular weight is 228 g/mol. The Bertz CT molecular complexity index is 278. The second-order valence-electron chi connectivity index (χ2n) is 4.70. The Morgan fingerprint density at radius 1 is 1.38 bits per heavy atom. The van der Waals surface area contributed by atoms with E-state index < -0.39 is 5.97 Å². The van der Waals surface area contributed by atoms with Crippen LogP contribution in [0.5, 0.6) is 0 Å². The molecule has 2 atom stereocenters. The van der Waals surface area contributed by atoms with Gasteiger partial charge in [-0.1, -0.05) is 0 Å². The molecule has 2 N–H and O–H groups in total. The van der Waals surface area contributed by atoms with Crippen LogP contribution in [0, 0.1) is 5.92 Å². The summed E-state index contributed by atoms with van der Waals surface area (Å²) in [4.78, 5) is 24.1. The normalized spacial score (nSPS) is 24.5. The predicted molar refractivity (Wildman–Crippen MR) is 60.2 cm³/mol. The topological polar surface area (TPSA) is 69.6 Å². The van der Waals surface area contributed by atoms with Crippen LogP contribution < -0.4 is 5.32 Å². The van der Waals surface area contributed by atoms with E-state index >= 15 is 0 Å². The lowest BCUT2D eigenvalue weighted by atomic mass is 10.1. The van der Waals surface area contributed by atoms with Gasteiger partial charge in [-0.25, -0.2) is 4.79 Å². The Kier molecular flexibility index (Phi) is 4.15. The van der Waals surface area contributed by atoms with E-state index in [0.29, 0.717) is 12.8 Å². The standard InChI is InChI=1S/C11H20N2O3/c1-7(2)13(3)11(16)12-9-5-4-8(6-9)10(14)15/h7-9H,4-6H2,1-3H3,(H,12,16)(H,14,15)/t8-,9+/m1/s1. The zero-order chi connectivity index (χ0) is 12.3. The van der Waals surface area contributed by atoms with Crippen molar-refractivity contribution in [2.45, 2.75) is 45.2 Å². The van der Waals surface area contributed by atoms with Crippen molar-refractivity contribution in [2.24, 2.45) is 5.92 Å². The molecule has 5 nitrogen and oxygen atoms in total. The summed E-state index contributed by atoms with van der Waals surface area (Å²) in [6.07, 6.45) is 1.97. The Balaban J connectivity index is 2.40. The van der Waals surface area contributed by atoms with Gasteiger partial charge < -0.3 is 15.3 Å². The van der Waals surface area contributed by atoms with Crippen LogP contribution in [0.3, 0.4) is 0 Å². The third-order valence-electron chi connectivity index (χ3n) is 3.20. The smallest absolute Gasteiger partial charge is 0.317 e. The van der Waals surface area contributed by atoms with Gasteiger partial charge in [-0.2, -0.15) is 0 Å². The van der Waals surface area contributed by atoms with Gasteiger partial charge in [0, 0.05) is 19.1 Å². The van der Waals surface area contributed by atoms with E-state index in [2.05, 4.69) is 5.32 Å². The zero-order valence-corrected chi connectivity index (χ0v) is 10.1. The molecule has 16 heavy (non-hydrogen) atoms. The molecule has 0 aromatic carbocycles. The van der Waals surface area contributed by atoms with Gasteiger partial charge >= 0.3 is 12.0 Å². The summed E-state index contributed by atoms with van der Waals surface area (Å²) in [5.41, 5.74) is 0. The van der Waals surface area contributed by atoms with Gasteiger partial charge in [0.2, 0.25) is 0 Å². The molecular weight excluding hydrogens is 208 g/mol. The summed E-state index contributed by atoms with van der Waals surface area (Å²) in [5, 5.41) is 11.7. The van der Waals surface area contributed by atoms with Crippen LogP contribution in [0.4, 0.5) is 4.79 Å². The molecular formula is C11H20N2O3. The quantitative estimate of drug-likeness (QED) is 0.764. The lowest BCUT2D eigenvalue weighted by Gasteiger charge is -2.24. The largest absolute Gasteiger partial charge is 0.481 e. The monoisotopic (exact) mass is 228 g/mol. The van der Waals surface area contributed by atoms with Gasteiger partial charge in [0.15, 0.2) is 0 Å². The third kappa shape index (κ3) is 3.12. The molecule has 0 unspecified atom stereocenters. The van der Waals surface area contributed by atoms with Crippen molar-refractivity contribution in [3.05, 3.63) is 0 Å². The van der Waals surface area contributed by atoms with Crippen LogP contribution >= 0.6 is 0 Å². The highest BCUT2D eigenvalue weighted by molar-refractivity contribution is 5.75. The lowest BCUT2D eigenvalue weighted by Crippen LogP contribution is -2.45. The third-order valence-corrected chi connectivity index (χ3v) is 3.20. The summed E-state index contributed by atoms with van der Waals surface area (Å²) >= 11 is 0. The number of nitrogens with zero attached hydrogens (tertiary/aromatic N) is 1. The highest BCUT2D eigenvalue weighted by Crippen LogP contribution is 2.25. The van der Waals surface area contributed by atoms with E-state index in [0.717, 1.165) is 6.42 Å². The number of nitrogens with one attached hydrogen (secondary N) is 1. The Hall–Kier alpha value is -1.26. The fourth-order valence-corrected chi connectivity index (χ4v) is 1.85. The number of carbonyl (C=O) groups is 2. The molecule has 0 heterocycles. The highest BCUT2D eigenvalue weighted by atomic mass is 16.4. The first-order valence-corrected chi connectivity index (χ1v) is 5.68. The number of hydrogen-bond donors (Lipinski definition) is 2. The number of urea groups is 1. The van der Waals surface area contributed by atoms with E-state index in [9.17, 15) is 9.59 Å². The van der Waals surface area contributed by atoms with Gasteiger partial charge in [0.25, 0.3) is 0 Å². The van der Waals surface area contributed by atoms with Crippen molar-refractivity contribution in [1.82, 2.24) is 10.2 Å². The fourth-order valence-electron chi connectivity index (χ4n) is 1.85. The van der Waals surface area contributed by atoms with E-state index in [1.165, 1.54) is 0 Å². The molecule has 92 valence electrons. The fraction of sp³-hybridized carbons (Fsp3) is 0.818. The van der Waals surface area contributed by atoms with Gasteiger partial charge in [-0.3, -0.25) is 4.79 Å². The minimum Gasteiger partial charge on any atom is -0.481 e. The van der Waals surface area contributed by atoms with E-state index in [1.807, 2.05) is 13.8 Å². The maximum atomic E-state index is 11.7. The van der Waals surface area contributed by atoms with Crippen LogP contribution in [-0.4, -0.2) is 41.1 Å². The number of hydrogen-bond acceptors (Lipinski definition) is 2. The molecule has 0 saturated heterocycles. The van der Waals surface area contributed by atoms with Crippen LogP contribution in [0.2, 0.25) is 0 Å². The van der Waals surface area contributed by atoms with Crippen LogP contribution in [0.1, 0.15) is 33.1 Å². The average Bonchev–Trinajstić information content (AvgIpc) is 2.64. The molecule has 5 heteroatoms. The van der Waals surface area contributed by atoms with Crippen LogP contribution in [-0.2, 0) is 4.79 Å². The van der Waals surface area contributed by atoms with Gasteiger partial charge in [-0.05, 0) is 33.1 Å². The predicted octanol–water partition coefficient (Wildman–Crippen LogP) is 1.29. The molecule has 2 amide bonds. The van der Waals surface area contributed by atoms with Gasteiger partial charge in [0.1, 0.15) is 0 Å². The summed E-state index contributed by atoms with van der Waals surface area (Å²) < 4.78 is 0. The molecule has 0 spiro atoms. The molecule has 1 rings (SSSR count). The molecule has 1 fully saturated rings. The molecule has 1 aliphatic rings. The molecule has 1 saturated carbocycles. The number of carbonyl (C=O) groups excluding carboxylic acids is 1. The molecule has 0 aromatic rings. The van der Waals surface area contributed by atoms with Crippen molar-refractivity contribution in [3.8, 4) is 0 Å². The lowest BCUT2D eigenvalue weighted by molar-refractivity contribution is -0.141. The number of amides is 2. The first kappa shape index (κ1) is 12.8. The number of carboxylic acid groups (broad SMARTS) is 1. The summed E-state index contributed by atoms with van der Waals surface area (Å²) in [5.74, 6) is -1.05. The minimum absolute atomic E-state index is 0.00907. The van der Waals surface area contributed by atoms with Gasteiger partial charge in [-0.15, -0.1) is 0 Å². The Morgan fingerprint density at radius 3 is 2.44 bits per heavy atom. The Labute approximate surface area is 95.8 Å². The Morgan fingerprint density at radius 2 is 2.00 bits per heavy atom. The second-order valence-corrected chi connectivity index (χ2v) is 4.70. The highest BCUT2D eigenvalue weighted by Gasteiger charge is 2.31. The molecule has 0 bridgehead atoms.